The van der Waals surface area contributed by atoms with Gasteiger partial charge in [-0.05, 0) is 44.2 Å². The van der Waals surface area contributed by atoms with Crippen molar-refractivity contribution >= 4 is 6.09 Å². The maximum atomic E-state index is 14.1. The molecule has 0 spiro atoms. The molecule has 1 aliphatic heterocycles. The first-order valence-corrected chi connectivity index (χ1v) is 8.82. The normalized spacial score (nSPS) is 23.8. The standard InChI is InChI=1S/C18H23FN2O3/c19-15-7-8-16(24-18(20)22)14-9-13(10-23-17(14)15)21(11-3-1-4-11)12-5-2-6-12/h7-8,11-13H,1-6,9-10H2,(H2,20,22)/t13-/m1/s1. The third kappa shape index (κ3) is 2.73. The molecule has 3 aliphatic rings. The highest BCUT2D eigenvalue weighted by atomic mass is 19.1. The molecule has 1 atom stereocenters. The van der Waals surface area contributed by atoms with Crippen LogP contribution in [-0.2, 0) is 6.42 Å². The van der Waals surface area contributed by atoms with Gasteiger partial charge in [0.25, 0.3) is 0 Å². The molecule has 2 N–H and O–H groups in total. The number of carbonyl (C=O) groups excluding carboxylic acids is 1. The Morgan fingerprint density at radius 3 is 2.38 bits per heavy atom. The summed E-state index contributed by atoms with van der Waals surface area (Å²) >= 11 is 0. The summed E-state index contributed by atoms with van der Waals surface area (Å²) in [6.45, 7) is 0.483. The summed E-state index contributed by atoms with van der Waals surface area (Å²) in [6, 6.07) is 4.14. The Hall–Kier alpha value is -1.82. The van der Waals surface area contributed by atoms with E-state index in [9.17, 15) is 9.18 Å². The van der Waals surface area contributed by atoms with E-state index in [-0.39, 0.29) is 11.8 Å². The number of amides is 1. The summed E-state index contributed by atoms with van der Waals surface area (Å²) < 4.78 is 24.9. The molecule has 1 amide bonds. The molecule has 6 heteroatoms. The van der Waals surface area contributed by atoms with Crippen molar-refractivity contribution in [3.8, 4) is 11.5 Å². The van der Waals surface area contributed by atoms with Gasteiger partial charge in [-0.1, -0.05) is 12.8 Å². The Kier molecular flexibility index (Phi) is 4.08. The highest BCUT2D eigenvalue weighted by molar-refractivity contribution is 5.69. The number of primary amides is 1. The molecule has 0 saturated heterocycles. The van der Waals surface area contributed by atoms with Crippen molar-refractivity contribution in [3.63, 3.8) is 0 Å². The van der Waals surface area contributed by atoms with Crippen LogP contribution in [0, 0.1) is 5.82 Å². The van der Waals surface area contributed by atoms with Gasteiger partial charge in [-0.2, -0.15) is 0 Å². The summed E-state index contributed by atoms with van der Waals surface area (Å²) in [7, 11) is 0. The quantitative estimate of drug-likeness (QED) is 0.919. The average molecular weight is 334 g/mol. The molecule has 1 aromatic carbocycles. The molecule has 0 unspecified atom stereocenters. The molecule has 130 valence electrons. The van der Waals surface area contributed by atoms with Crippen LogP contribution in [0.4, 0.5) is 9.18 Å². The van der Waals surface area contributed by atoms with Crippen LogP contribution in [-0.4, -0.2) is 35.7 Å². The number of halogens is 1. The molecular formula is C18H23FN2O3. The monoisotopic (exact) mass is 334 g/mol. The number of hydrogen-bond acceptors (Lipinski definition) is 4. The lowest BCUT2D eigenvalue weighted by Crippen LogP contribution is -2.57. The van der Waals surface area contributed by atoms with E-state index in [0.29, 0.717) is 36.4 Å². The van der Waals surface area contributed by atoms with E-state index in [1.54, 1.807) is 0 Å². The zero-order valence-electron chi connectivity index (χ0n) is 13.7. The Labute approximate surface area is 140 Å². The van der Waals surface area contributed by atoms with E-state index in [2.05, 4.69) is 4.90 Å². The van der Waals surface area contributed by atoms with Gasteiger partial charge in [0.05, 0.1) is 0 Å². The van der Waals surface area contributed by atoms with Crippen molar-refractivity contribution in [2.45, 2.75) is 63.1 Å². The van der Waals surface area contributed by atoms with E-state index in [1.807, 2.05) is 0 Å². The Morgan fingerprint density at radius 2 is 1.83 bits per heavy atom. The zero-order valence-corrected chi connectivity index (χ0v) is 13.7. The van der Waals surface area contributed by atoms with Crippen LogP contribution >= 0.6 is 0 Å². The summed E-state index contributed by atoms with van der Waals surface area (Å²) in [6.07, 6.45) is 7.22. The first-order valence-electron chi connectivity index (χ1n) is 8.82. The Morgan fingerprint density at radius 1 is 1.17 bits per heavy atom. The summed E-state index contributed by atoms with van der Waals surface area (Å²) in [5.41, 5.74) is 5.76. The molecule has 0 bridgehead atoms. The molecule has 2 aliphatic carbocycles. The number of carbonyl (C=O) groups is 1. The van der Waals surface area contributed by atoms with Crippen molar-refractivity contribution in [2.24, 2.45) is 5.73 Å². The minimum atomic E-state index is -0.888. The average Bonchev–Trinajstić information content (AvgIpc) is 2.45. The van der Waals surface area contributed by atoms with Gasteiger partial charge >= 0.3 is 6.09 Å². The smallest absolute Gasteiger partial charge is 0.409 e. The van der Waals surface area contributed by atoms with Crippen molar-refractivity contribution < 1.29 is 18.7 Å². The Balaban J connectivity index is 1.61. The molecule has 4 rings (SSSR count). The zero-order chi connectivity index (χ0) is 16.7. The van der Waals surface area contributed by atoms with Crippen LogP contribution in [0.5, 0.6) is 11.5 Å². The molecule has 1 heterocycles. The van der Waals surface area contributed by atoms with Crippen LogP contribution in [0.25, 0.3) is 0 Å². The van der Waals surface area contributed by atoms with E-state index in [4.69, 9.17) is 15.2 Å². The maximum Gasteiger partial charge on any atom is 0.409 e. The van der Waals surface area contributed by atoms with Gasteiger partial charge in [0.15, 0.2) is 11.6 Å². The fraction of sp³-hybridized carbons (Fsp3) is 0.611. The molecule has 2 fully saturated rings. The number of hydrogen-bond donors (Lipinski definition) is 1. The maximum absolute atomic E-state index is 14.1. The third-order valence-corrected chi connectivity index (χ3v) is 5.65. The van der Waals surface area contributed by atoms with Crippen LogP contribution in [0.1, 0.15) is 44.1 Å². The summed E-state index contributed by atoms with van der Waals surface area (Å²) in [4.78, 5) is 13.7. The largest absolute Gasteiger partial charge is 0.488 e. The van der Waals surface area contributed by atoms with Gasteiger partial charge in [0.1, 0.15) is 12.4 Å². The molecule has 1 aromatic rings. The molecule has 5 nitrogen and oxygen atoms in total. The van der Waals surface area contributed by atoms with Gasteiger partial charge in [-0.3, -0.25) is 4.90 Å². The first kappa shape index (κ1) is 15.7. The number of benzene rings is 1. The number of ether oxygens (including phenoxy) is 2. The first-order chi connectivity index (χ1) is 11.6. The predicted octanol–water partition coefficient (Wildman–Crippen LogP) is 2.99. The fourth-order valence-corrected chi connectivity index (χ4v) is 4.06. The van der Waals surface area contributed by atoms with Crippen LogP contribution < -0.4 is 15.2 Å². The SMILES string of the molecule is NC(=O)Oc1ccc(F)c2c1C[C@@H](N(C1CCC1)C1CCC1)CO2. The Bertz CT molecular complexity index is 629. The van der Waals surface area contributed by atoms with E-state index in [0.717, 1.165) is 0 Å². The summed E-state index contributed by atoms with van der Waals surface area (Å²) in [5, 5.41) is 0. The highest BCUT2D eigenvalue weighted by Gasteiger charge is 2.40. The molecule has 2 saturated carbocycles. The van der Waals surface area contributed by atoms with Gasteiger partial charge in [-0.15, -0.1) is 0 Å². The van der Waals surface area contributed by atoms with Gasteiger partial charge in [0, 0.05) is 23.7 Å². The van der Waals surface area contributed by atoms with Crippen LogP contribution in [0.2, 0.25) is 0 Å². The predicted molar refractivity (Wildman–Crippen MR) is 86.7 cm³/mol. The fourth-order valence-electron chi connectivity index (χ4n) is 4.06. The van der Waals surface area contributed by atoms with Crippen LogP contribution in [0.3, 0.4) is 0 Å². The second-order valence-corrected chi connectivity index (χ2v) is 7.06. The van der Waals surface area contributed by atoms with E-state index >= 15 is 0 Å². The molecule has 24 heavy (non-hydrogen) atoms. The topological polar surface area (TPSA) is 64.8 Å². The molecule has 0 radical (unpaired) electrons. The van der Waals surface area contributed by atoms with Crippen molar-refractivity contribution in [1.29, 1.82) is 0 Å². The minimum Gasteiger partial charge on any atom is -0.488 e. The van der Waals surface area contributed by atoms with Gasteiger partial charge in [0.2, 0.25) is 0 Å². The molecule has 0 aromatic heterocycles. The number of rotatable bonds is 4. The van der Waals surface area contributed by atoms with Crippen molar-refractivity contribution in [2.75, 3.05) is 6.61 Å². The number of fused-ring (bicyclic) bond motifs is 1. The third-order valence-electron chi connectivity index (χ3n) is 5.65. The van der Waals surface area contributed by atoms with Crippen LogP contribution in [0.15, 0.2) is 12.1 Å². The van der Waals surface area contributed by atoms with Crippen molar-refractivity contribution in [3.05, 3.63) is 23.5 Å². The second-order valence-electron chi connectivity index (χ2n) is 7.06. The second kappa shape index (κ2) is 6.24. The lowest BCUT2D eigenvalue weighted by Gasteiger charge is -2.50. The van der Waals surface area contributed by atoms with E-state index in [1.165, 1.54) is 50.7 Å². The summed E-state index contributed by atoms with van der Waals surface area (Å²) in [5.74, 6) is 0.0945. The highest BCUT2D eigenvalue weighted by Crippen LogP contribution is 2.41. The van der Waals surface area contributed by atoms with Crippen molar-refractivity contribution in [1.82, 2.24) is 4.90 Å². The van der Waals surface area contributed by atoms with Gasteiger partial charge < -0.3 is 15.2 Å². The minimum absolute atomic E-state index is 0.199. The lowest BCUT2D eigenvalue weighted by atomic mass is 9.82. The van der Waals surface area contributed by atoms with E-state index < -0.39 is 11.9 Å². The molecular weight excluding hydrogens is 311 g/mol. The van der Waals surface area contributed by atoms with Gasteiger partial charge in [-0.25, -0.2) is 9.18 Å². The lowest BCUT2D eigenvalue weighted by molar-refractivity contribution is -0.0195. The number of nitrogens with zero attached hydrogens (tertiary/aromatic N) is 1. The number of nitrogens with two attached hydrogens (primary N) is 1.